The summed E-state index contributed by atoms with van der Waals surface area (Å²) in [5, 5.41) is 0. The fourth-order valence-corrected chi connectivity index (χ4v) is 3.60. The summed E-state index contributed by atoms with van der Waals surface area (Å²) in [6.07, 6.45) is 4.84. The normalized spacial score (nSPS) is 10.7. The Morgan fingerprint density at radius 2 is 1.68 bits per heavy atom. The molecule has 19 heavy (non-hydrogen) atoms. The molecule has 1 aromatic carbocycles. The van der Waals surface area contributed by atoms with Gasteiger partial charge in [0.25, 0.3) is 0 Å². The van der Waals surface area contributed by atoms with Gasteiger partial charge in [-0.3, -0.25) is 0 Å². The van der Waals surface area contributed by atoms with Gasteiger partial charge in [0.2, 0.25) is 0 Å². The molecule has 0 spiro atoms. The third kappa shape index (κ3) is 3.38. The van der Waals surface area contributed by atoms with Gasteiger partial charge in [-0.15, -0.1) is 11.3 Å². The number of methoxy groups -OCH3 is 1. The Balaban J connectivity index is 2.30. The number of rotatable bonds is 6. The molecule has 2 rings (SSSR count). The van der Waals surface area contributed by atoms with Gasteiger partial charge in [-0.25, -0.2) is 0 Å². The minimum absolute atomic E-state index is 0.919. The van der Waals surface area contributed by atoms with Gasteiger partial charge >= 0.3 is 0 Å². The van der Waals surface area contributed by atoms with Crippen molar-refractivity contribution in [3.8, 4) is 16.2 Å². The highest BCUT2D eigenvalue weighted by atomic mass is 32.1. The van der Waals surface area contributed by atoms with Crippen molar-refractivity contribution in [3.05, 3.63) is 40.8 Å². The first-order valence-corrected chi connectivity index (χ1v) is 7.86. The first-order chi connectivity index (χ1) is 9.28. The molecule has 0 saturated carbocycles. The maximum absolute atomic E-state index is 5.21. The summed E-state index contributed by atoms with van der Waals surface area (Å²) in [4.78, 5) is 2.95. The second-order valence-electron chi connectivity index (χ2n) is 4.79. The van der Waals surface area contributed by atoms with E-state index in [1.165, 1.54) is 36.1 Å². The molecule has 0 bridgehead atoms. The molecule has 0 fully saturated rings. The predicted molar refractivity (Wildman–Crippen MR) is 84.3 cm³/mol. The number of hydrogen-bond donors (Lipinski definition) is 0. The molecular formula is C17H22OS. The summed E-state index contributed by atoms with van der Waals surface area (Å²) in [5.74, 6) is 0.919. The summed E-state index contributed by atoms with van der Waals surface area (Å²) in [5.41, 5.74) is 2.84. The monoisotopic (exact) mass is 274 g/mol. The molecule has 2 aromatic rings. The zero-order valence-electron chi connectivity index (χ0n) is 12.0. The van der Waals surface area contributed by atoms with Crippen LogP contribution in [-0.4, -0.2) is 7.11 Å². The number of thiophene rings is 1. The van der Waals surface area contributed by atoms with Crippen LogP contribution in [0, 0.1) is 0 Å². The van der Waals surface area contributed by atoms with Crippen LogP contribution in [0.1, 0.15) is 37.1 Å². The first-order valence-electron chi connectivity index (χ1n) is 7.04. The second kappa shape index (κ2) is 6.76. The summed E-state index contributed by atoms with van der Waals surface area (Å²) in [6.45, 7) is 4.50. The second-order valence-corrected chi connectivity index (χ2v) is 5.92. The van der Waals surface area contributed by atoms with Crippen LogP contribution in [-0.2, 0) is 12.8 Å². The third-order valence-electron chi connectivity index (χ3n) is 3.27. The number of benzene rings is 1. The maximum Gasteiger partial charge on any atom is 0.118 e. The van der Waals surface area contributed by atoms with E-state index < -0.39 is 0 Å². The van der Waals surface area contributed by atoms with Gasteiger partial charge in [-0.05, 0) is 54.3 Å². The Morgan fingerprint density at radius 1 is 1.00 bits per heavy atom. The lowest BCUT2D eigenvalue weighted by atomic mass is 10.1. The lowest BCUT2D eigenvalue weighted by Gasteiger charge is -2.00. The standard InChI is InChI=1S/C17H22OS/c1-4-6-14-12-17(19-16(14)7-5-2)13-8-10-15(18-3)11-9-13/h8-12H,4-7H2,1-3H3. The van der Waals surface area contributed by atoms with Crippen molar-refractivity contribution in [1.29, 1.82) is 0 Å². The molecule has 0 radical (unpaired) electrons. The van der Waals surface area contributed by atoms with Crippen LogP contribution in [0.3, 0.4) is 0 Å². The van der Waals surface area contributed by atoms with Gasteiger partial charge in [-0.2, -0.15) is 0 Å². The average Bonchev–Trinajstić information content (AvgIpc) is 2.83. The van der Waals surface area contributed by atoms with Gasteiger partial charge < -0.3 is 4.74 Å². The Kier molecular flexibility index (Phi) is 5.03. The van der Waals surface area contributed by atoms with Gasteiger partial charge in [0, 0.05) is 9.75 Å². The van der Waals surface area contributed by atoms with E-state index in [1.54, 1.807) is 17.6 Å². The third-order valence-corrected chi connectivity index (χ3v) is 4.55. The van der Waals surface area contributed by atoms with Gasteiger partial charge in [0.1, 0.15) is 5.75 Å². The first kappa shape index (κ1) is 14.1. The van der Waals surface area contributed by atoms with Gasteiger partial charge in [0.15, 0.2) is 0 Å². The smallest absolute Gasteiger partial charge is 0.118 e. The highest BCUT2D eigenvalue weighted by molar-refractivity contribution is 7.15. The zero-order valence-corrected chi connectivity index (χ0v) is 12.8. The highest BCUT2D eigenvalue weighted by Gasteiger charge is 2.09. The molecule has 0 saturated heterocycles. The molecule has 0 aliphatic rings. The Hall–Kier alpha value is -1.28. The van der Waals surface area contributed by atoms with E-state index in [0.717, 1.165) is 5.75 Å². The Bertz CT molecular complexity index is 487. The van der Waals surface area contributed by atoms with E-state index in [-0.39, 0.29) is 0 Å². The molecule has 2 heteroatoms. The Morgan fingerprint density at radius 3 is 2.26 bits per heavy atom. The summed E-state index contributed by atoms with van der Waals surface area (Å²) < 4.78 is 5.21. The topological polar surface area (TPSA) is 9.23 Å². The number of hydrogen-bond acceptors (Lipinski definition) is 2. The van der Waals surface area contributed by atoms with Crippen molar-refractivity contribution in [2.24, 2.45) is 0 Å². The van der Waals surface area contributed by atoms with Crippen molar-refractivity contribution < 1.29 is 4.74 Å². The largest absolute Gasteiger partial charge is 0.497 e. The van der Waals surface area contributed by atoms with Crippen LogP contribution in [0.25, 0.3) is 10.4 Å². The van der Waals surface area contributed by atoms with E-state index in [2.05, 4.69) is 32.0 Å². The molecule has 102 valence electrons. The average molecular weight is 274 g/mol. The molecular weight excluding hydrogens is 252 g/mol. The van der Waals surface area contributed by atoms with Crippen LogP contribution in [0.15, 0.2) is 30.3 Å². The lowest BCUT2D eigenvalue weighted by molar-refractivity contribution is 0.415. The Labute approximate surface area is 120 Å². The molecule has 0 amide bonds. The van der Waals surface area contributed by atoms with Gasteiger partial charge in [-0.1, -0.05) is 26.7 Å². The molecule has 0 atom stereocenters. The van der Waals surface area contributed by atoms with E-state index in [4.69, 9.17) is 4.74 Å². The highest BCUT2D eigenvalue weighted by Crippen LogP contribution is 2.33. The summed E-state index contributed by atoms with van der Waals surface area (Å²) >= 11 is 1.95. The fraction of sp³-hybridized carbons (Fsp3) is 0.412. The van der Waals surface area contributed by atoms with E-state index in [0.29, 0.717) is 0 Å². The van der Waals surface area contributed by atoms with Crippen molar-refractivity contribution in [2.75, 3.05) is 7.11 Å². The van der Waals surface area contributed by atoms with Crippen molar-refractivity contribution in [1.82, 2.24) is 0 Å². The number of ether oxygens (including phenoxy) is 1. The van der Waals surface area contributed by atoms with E-state index in [9.17, 15) is 0 Å². The maximum atomic E-state index is 5.21. The molecule has 0 unspecified atom stereocenters. The lowest BCUT2D eigenvalue weighted by Crippen LogP contribution is -1.86. The van der Waals surface area contributed by atoms with Crippen LogP contribution < -0.4 is 4.74 Å². The summed E-state index contributed by atoms with van der Waals surface area (Å²) in [7, 11) is 1.71. The van der Waals surface area contributed by atoms with E-state index in [1.807, 2.05) is 23.5 Å². The van der Waals surface area contributed by atoms with Crippen molar-refractivity contribution in [2.45, 2.75) is 39.5 Å². The molecule has 1 heterocycles. The quantitative estimate of drug-likeness (QED) is 0.692. The van der Waals surface area contributed by atoms with Crippen LogP contribution in [0.2, 0.25) is 0 Å². The minimum atomic E-state index is 0.919. The zero-order chi connectivity index (χ0) is 13.7. The summed E-state index contributed by atoms with van der Waals surface area (Å²) in [6, 6.07) is 10.7. The molecule has 1 aromatic heterocycles. The van der Waals surface area contributed by atoms with Crippen molar-refractivity contribution in [3.63, 3.8) is 0 Å². The van der Waals surface area contributed by atoms with E-state index >= 15 is 0 Å². The van der Waals surface area contributed by atoms with Crippen LogP contribution in [0.5, 0.6) is 5.75 Å². The minimum Gasteiger partial charge on any atom is -0.497 e. The van der Waals surface area contributed by atoms with Gasteiger partial charge in [0.05, 0.1) is 7.11 Å². The SMILES string of the molecule is CCCc1cc(-c2ccc(OC)cc2)sc1CCC. The predicted octanol–water partition coefficient (Wildman–Crippen LogP) is 5.33. The van der Waals surface area contributed by atoms with Crippen molar-refractivity contribution >= 4 is 11.3 Å². The van der Waals surface area contributed by atoms with Crippen LogP contribution >= 0.6 is 11.3 Å². The van der Waals surface area contributed by atoms with Crippen LogP contribution in [0.4, 0.5) is 0 Å². The number of aryl methyl sites for hydroxylation is 2. The molecule has 0 aliphatic carbocycles. The fourth-order valence-electron chi connectivity index (χ4n) is 2.28. The molecule has 0 aliphatic heterocycles. The molecule has 1 nitrogen and oxygen atoms in total. The molecule has 0 N–H and O–H groups in total.